The Morgan fingerprint density at radius 1 is 1.75 bits per heavy atom. The topological polar surface area (TPSA) is 53.6 Å². The highest BCUT2D eigenvalue weighted by molar-refractivity contribution is 9.10. The van der Waals surface area contributed by atoms with Crippen LogP contribution in [0.5, 0.6) is 0 Å². The van der Waals surface area contributed by atoms with E-state index in [2.05, 4.69) is 32.4 Å². The number of hydrogen-bond acceptors (Lipinski definition) is 3. The van der Waals surface area contributed by atoms with E-state index in [4.69, 9.17) is 0 Å². The zero-order valence-corrected chi connectivity index (χ0v) is 10.9. The molecule has 5 heteroatoms. The second kappa shape index (κ2) is 4.56. The zero-order chi connectivity index (χ0) is 11.6. The number of hydrogen-bond donors (Lipinski definition) is 1. The van der Waals surface area contributed by atoms with E-state index in [1.807, 2.05) is 17.9 Å². The molecule has 2 unspecified atom stereocenters. The molecule has 1 fully saturated rings. The van der Waals surface area contributed by atoms with Gasteiger partial charge in [0.05, 0.1) is 22.8 Å². The van der Waals surface area contributed by atoms with Gasteiger partial charge in [-0.2, -0.15) is 10.4 Å². The minimum absolute atomic E-state index is 0.326. The first-order valence-corrected chi connectivity index (χ1v) is 6.28. The van der Waals surface area contributed by atoms with E-state index in [0.29, 0.717) is 6.04 Å². The van der Waals surface area contributed by atoms with Crippen molar-refractivity contribution < 1.29 is 0 Å². The highest BCUT2D eigenvalue weighted by atomic mass is 79.9. The molecule has 0 radical (unpaired) electrons. The average molecular weight is 283 g/mol. The molecule has 0 saturated heterocycles. The Labute approximate surface area is 104 Å². The number of nitriles is 1. The van der Waals surface area contributed by atoms with Gasteiger partial charge in [0.1, 0.15) is 5.54 Å². The van der Waals surface area contributed by atoms with E-state index >= 15 is 0 Å². The second-order valence-corrected chi connectivity index (χ2v) is 5.25. The van der Waals surface area contributed by atoms with Gasteiger partial charge in [-0.15, -0.1) is 0 Å². The van der Waals surface area contributed by atoms with Crippen molar-refractivity contribution in [3.63, 3.8) is 0 Å². The van der Waals surface area contributed by atoms with Gasteiger partial charge in [-0.25, -0.2) is 0 Å². The molecule has 0 bridgehead atoms. The summed E-state index contributed by atoms with van der Waals surface area (Å²) in [6.07, 6.45) is 7.69. The Morgan fingerprint density at radius 3 is 3.12 bits per heavy atom. The fourth-order valence-corrected chi connectivity index (χ4v) is 2.67. The van der Waals surface area contributed by atoms with Crippen LogP contribution in [0.3, 0.4) is 0 Å². The molecule has 2 atom stereocenters. The fraction of sp³-hybridized carbons (Fsp3) is 0.636. The molecule has 16 heavy (non-hydrogen) atoms. The molecule has 4 nitrogen and oxygen atoms in total. The molecule has 0 amide bonds. The Morgan fingerprint density at radius 2 is 2.56 bits per heavy atom. The van der Waals surface area contributed by atoms with E-state index in [0.717, 1.165) is 30.2 Å². The molecule has 0 spiro atoms. The third-order valence-corrected chi connectivity index (χ3v) is 3.77. The van der Waals surface area contributed by atoms with Crippen LogP contribution < -0.4 is 5.32 Å². The minimum atomic E-state index is -0.374. The van der Waals surface area contributed by atoms with Crippen LogP contribution in [0, 0.1) is 11.3 Å². The standard InChI is InChI=1S/C11H15BrN4/c1-14-11(8-13)4-2-3-10(5-11)16-7-9(12)6-15-16/h6-7,10,14H,2-5H2,1H3. The Hall–Kier alpha value is -0.860. The Balaban J connectivity index is 2.16. The second-order valence-electron chi connectivity index (χ2n) is 4.33. The van der Waals surface area contributed by atoms with Gasteiger partial charge in [0.15, 0.2) is 0 Å². The van der Waals surface area contributed by atoms with Crippen molar-refractivity contribution in [1.82, 2.24) is 15.1 Å². The quantitative estimate of drug-likeness (QED) is 0.905. The predicted molar refractivity (Wildman–Crippen MR) is 64.8 cm³/mol. The van der Waals surface area contributed by atoms with Crippen molar-refractivity contribution in [2.75, 3.05) is 7.05 Å². The number of nitrogens with zero attached hydrogens (tertiary/aromatic N) is 3. The van der Waals surface area contributed by atoms with Gasteiger partial charge in [0.25, 0.3) is 0 Å². The minimum Gasteiger partial charge on any atom is -0.302 e. The maximum absolute atomic E-state index is 9.26. The SMILES string of the molecule is CNC1(C#N)CCCC(n2cc(Br)cn2)C1. The maximum atomic E-state index is 9.26. The number of halogens is 1. The molecule has 1 N–H and O–H groups in total. The molecule has 2 rings (SSSR count). The Kier molecular flexibility index (Phi) is 3.31. The van der Waals surface area contributed by atoms with E-state index in [9.17, 15) is 5.26 Å². The van der Waals surface area contributed by atoms with Gasteiger partial charge in [-0.1, -0.05) is 0 Å². The number of nitrogens with one attached hydrogen (secondary N) is 1. The predicted octanol–water partition coefficient (Wildman–Crippen LogP) is 2.24. The van der Waals surface area contributed by atoms with Gasteiger partial charge in [0.2, 0.25) is 0 Å². The van der Waals surface area contributed by atoms with Gasteiger partial charge >= 0.3 is 0 Å². The van der Waals surface area contributed by atoms with Gasteiger partial charge in [0, 0.05) is 12.6 Å². The monoisotopic (exact) mass is 282 g/mol. The summed E-state index contributed by atoms with van der Waals surface area (Å²) < 4.78 is 2.96. The van der Waals surface area contributed by atoms with Crippen molar-refractivity contribution >= 4 is 15.9 Å². The van der Waals surface area contributed by atoms with Crippen molar-refractivity contribution in [3.05, 3.63) is 16.9 Å². The first kappa shape index (κ1) is 11.6. The third kappa shape index (κ3) is 2.13. The summed E-state index contributed by atoms with van der Waals surface area (Å²) in [4.78, 5) is 0. The van der Waals surface area contributed by atoms with Crippen LogP contribution in [0.25, 0.3) is 0 Å². The maximum Gasteiger partial charge on any atom is 0.108 e. The van der Waals surface area contributed by atoms with Crippen molar-refractivity contribution in [3.8, 4) is 6.07 Å². The third-order valence-electron chi connectivity index (χ3n) is 3.36. The molecule has 0 aliphatic heterocycles. The van der Waals surface area contributed by atoms with E-state index in [1.54, 1.807) is 6.20 Å². The van der Waals surface area contributed by atoms with Crippen LogP contribution in [-0.4, -0.2) is 22.4 Å². The van der Waals surface area contributed by atoms with Crippen LogP contribution in [0.15, 0.2) is 16.9 Å². The zero-order valence-electron chi connectivity index (χ0n) is 9.28. The summed E-state index contributed by atoms with van der Waals surface area (Å²) in [6, 6.07) is 2.74. The number of aromatic nitrogens is 2. The molecule has 86 valence electrons. The molecule has 0 aromatic carbocycles. The lowest BCUT2D eigenvalue weighted by Gasteiger charge is -2.35. The van der Waals surface area contributed by atoms with Gasteiger partial charge < -0.3 is 5.32 Å². The van der Waals surface area contributed by atoms with Crippen LogP contribution in [0.2, 0.25) is 0 Å². The lowest BCUT2D eigenvalue weighted by Crippen LogP contribution is -2.46. The fourth-order valence-electron chi connectivity index (χ4n) is 2.37. The van der Waals surface area contributed by atoms with E-state index in [-0.39, 0.29) is 5.54 Å². The largest absolute Gasteiger partial charge is 0.302 e. The average Bonchev–Trinajstić information content (AvgIpc) is 2.76. The summed E-state index contributed by atoms with van der Waals surface area (Å²) in [6.45, 7) is 0. The van der Waals surface area contributed by atoms with Crippen LogP contribution in [0.1, 0.15) is 31.7 Å². The summed E-state index contributed by atoms with van der Waals surface area (Å²) in [5.74, 6) is 0. The molecule has 1 aromatic heterocycles. The highest BCUT2D eigenvalue weighted by Gasteiger charge is 2.36. The summed E-state index contributed by atoms with van der Waals surface area (Å²) >= 11 is 3.40. The normalized spacial score (nSPS) is 29.9. The summed E-state index contributed by atoms with van der Waals surface area (Å²) in [5, 5.41) is 16.7. The van der Waals surface area contributed by atoms with E-state index < -0.39 is 0 Å². The molecular formula is C11H15BrN4. The van der Waals surface area contributed by atoms with Crippen LogP contribution in [-0.2, 0) is 0 Å². The molecular weight excluding hydrogens is 268 g/mol. The van der Waals surface area contributed by atoms with Gasteiger partial charge in [-0.3, -0.25) is 4.68 Å². The molecule has 1 heterocycles. The summed E-state index contributed by atoms with van der Waals surface area (Å²) in [5.41, 5.74) is -0.374. The first-order valence-electron chi connectivity index (χ1n) is 5.49. The Bertz CT molecular complexity index is 408. The number of rotatable bonds is 2. The van der Waals surface area contributed by atoms with Gasteiger partial charge in [-0.05, 0) is 42.2 Å². The lowest BCUT2D eigenvalue weighted by atomic mass is 9.80. The lowest BCUT2D eigenvalue weighted by molar-refractivity contribution is 0.230. The first-order chi connectivity index (χ1) is 7.69. The summed E-state index contributed by atoms with van der Waals surface area (Å²) in [7, 11) is 1.87. The molecule has 1 aliphatic carbocycles. The van der Waals surface area contributed by atoms with E-state index in [1.165, 1.54) is 0 Å². The molecule has 1 aromatic rings. The van der Waals surface area contributed by atoms with Crippen molar-refractivity contribution in [2.45, 2.75) is 37.3 Å². The smallest absolute Gasteiger partial charge is 0.108 e. The highest BCUT2D eigenvalue weighted by Crippen LogP contribution is 2.34. The molecule has 1 aliphatic rings. The van der Waals surface area contributed by atoms with Crippen molar-refractivity contribution in [2.24, 2.45) is 0 Å². The van der Waals surface area contributed by atoms with Crippen LogP contribution >= 0.6 is 15.9 Å². The molecule has 1 saturated carbocycles. The van der Waals surface area contributed by atoms with Crippen LogP contribution in [0.4, 0.5) is 0 Å². The van der Waals surface area contributed by atoms with Crippen molar-refractivity contribution in [1.29, 1.82) is 5.26 Å².